The summed E-state index contributed by atoms with van der Waals surface area (Å²) in [5, 5.41) is 9.41. The highest BCUT2D eigenvalue weighted by molar-refractivity contribution is 7.99. The number of nitrogens with zero attached hydrogens (tertiary/aromatic N) is 3. The Balaban J connectivity index is 2.00. The topological polar surface area (TPSA) is 35.2 Å². The van der Waals surface area contributed by atoms with E-state index in [1.807, 2.05) is 6.26 Å². The number of nitrogens with one attached hydrogen (secondary N) is 1. The van der Waals surface area contributed by atoms with Gasteiger partial charge in [-0.3, -0.25) is 0 Å². The monoisotopic (exact) mass is 245 g/mol. The van der Waals surface area contributed by atoms with Gasteiger partial charge in [0.1, 0.15) is 6.54 Å². The third-order valence-electron chi connectivity index (χ3n) is 2.72. The fraction of sp³-hybridized carbons (Fsp3) is 0.778. The smallest absolute Gasteiger partial charge is 0.190 e. The lowest BCUT2D eigenvalue weighted by Crippen LogP contribution is -3.12. The van der Waals surface area contributed by atoms with E-state index in [1.165, 1.54) is 24.6 Å². The molecule has 1 saturated heterocycles. The molecule has 6 heteroatoms. The van der Waals surface area contributed by atoms with Crippen LogP contribution < -0.4 is 4.90 Å². The van der Waals surface area contributed by atoms with E-state index in [-0.39, 0.29) is 0 Å². The summed E-state index contributed by atoms with van der Waals surface area (Å²) in [5.41, 5.74) is 0. The molecule has 0 amide bonds. The zero-order valence-electron chi connectivity index (χ0n) is 9.19. The zero-order chi connectivity index (χ0) is 10.7. The summed E-state index contributed by atoms with van der Waals surface area (Å²) >= 11 is 3.71. The van der Waals surface area contributed by atoms with Crippen molar-refractivity contribution in [3.05, 3.63) is 5.82 Å². The number of thioether (sulfide) groups is 2. The highest BCUT2D eigenvalue weighted by Gasteiger charge is 2.18. The van der Waals surface area contributed by atoms with Gasteiger partial charge >= 0.3 is 0 Å². The Labute approximate surface area is 98.8 Å². The van der Waals surface area contributed by atoms with Crippen molar-refractivity contribution in [3.63, 3.8) is 0 Å². The van der Waals surface area contributed by atoms with Crippen LogP contribution in [0.25, 0.3) is 0 Å². The van der Waals surface area contributed by atoms with Crippen molar-refractivity contribution in [2.45, 2.75) is 11.7 Å². The van der Waals surface area contributed by atoms with Gasteiger partial charge in [-0.05, 0) is 6.26 Å². The fourth-order valence-corrected chi connectivity index (χ4v) is 3.31. The van der Waals surface area contributed by atoms with E-state index < -0.39 is 0 Å². The Hall–Kier alpha value is -0.200. The second kappa shape index (κ2) is 5.23. The maximum atomic E-state index is 4.25. The first-order chi connectivity index (χ1) is 7.31. The summed E-state index contributed by atoms with van der Waals surface area (Å²) in [6.45, 7) is 3.53. The van der Waals surface area contributed by atoms with Crippen molar-refractivity contribution in [2.24, 2.45) is 7.05 Å². The minimum atomic E-state index is 1.01. The lowest BCUT2D eigenvalue weighted by Gasteiger charge is -2.22. The van der Waals surface area contributed by atoms with E-state index >= 15 is 0 Å². The molecular weight excluding hydrogens is 228 g/mol. The SMILES string of the molecule is CSc1nnc(C[NH+]2CCSCC2)n1C. The van der Waals surface area contributed by atoms with Gasteiger partial charge in [0.15, 0.2) is 11.0 Å². The maximum Gasteiger partial charge on any atom is 0.190 e. The lowest BCUT2D eigenvalue weighted by molar-refractivity contribution is -0.910. The molecule has 15 heavy (non-hydrogen) atoms. The van der Waals surface area contributed by atoms with Gasteiger partial charge in [0.05, 0.1) is 13.1 Å². The van der Waals surface area contributed by atoms with E-state index in [4.69, 9.17) is 0 Å². The van der Waals surface area contributed by atoms with Crippen molar-refractivity contribution in [2.75, 3.05) is 30.9 Å². The molecule has 1 aliphatic heterocycles. The van der Waals surface area contributed by atoms with E-state index in [0.29, 0.717) is 0 Å². The summed E-state index contributed by atoms with van der Waals surface area (Å²) in [4.78, 5) is 1.64. The van der Waals surface area contributed by atoms with Gasteiger partial charge in [0, 0.05) is 18.6 Å². The lowest BCUT2D eigenvalue weighted by atomic mass is 10.4. The van der Waals surface area contributed by atoms with Crippen LogP contribution in [0.4, 0.5) is 0 Å². The number of quaternary nitrogens is 1. The van der Waals surface area contributed by atoms with Crippen LogP contribution in [-0.2, 0) is 13.6 Å². The summed E-state index contributed by atoms with van der Waals surface area (Å²) in [6, 6.07) is 0. The fourth-order valence-electron chi connectivity index (χ4n) is 1.74. The van der Waals surface area contributed by atoms with Crippen LogP contribution in [0.5, 0.6) is 0 Å². The van der Waals surface area contributed by atoms with Crippen LogP contribution in [0.3, 0.4) is 0 Å². The Bertz CT molecular complexity index is 320. The van der Waals surface area contributed by atoms with Gasteiger partial charge < -0.3 is 9.47 Å². The Morgan fingerprint density at radius 1 is 1.40 bits per heavy atom. The summed E-state index contributed by atoms with van der Waals surface area (Å²) in [6.07, 6.45) is 2.04. The van der Waals surface area contributed by atoms with Gasteiger partial charge in [0.2, 0.25) is 0 Å². The quantitative estimate of drug-likeness (QED) is 0.740. The number of rotatable bonds is 3. The molecule has 0 atom stereocenters. The van der Waals surface area contributed by atoms with Crippen molar-refractivity contribution in [1.29, 1.82) is 0 Å². The predicted molar refractivity (Wildman–Crippen MR) is 64.5 cm³/mol. The van der Waals surface area contributed by atoms with Crippen molar-refractivity contribution >= 4 is 23.5 Å². The Morgan fingerprint density at radius 3 is 2.73 bits per heavy atom. The van der Waals surface area contributed by atoms with E-state index in [0.717, 1.165) is 17.5 Å². The third-order valence-corrected chi connectivity index (χ3v) is 4.42. The van der Waals surface area contributed by atoms with Crippen LogP contribution in [0.15, 0.2) is 5.16 Å². The first-order valence-corrected chi connectivity index (χ1v) is 7.53. The molecule has 0 saturated carbocycles. The number of hydrogen-bond donors (Lipinski definition) is 1. The zero-order valence-corrected chi connectivity index (χ0v) is 10.8. The Morgan fingerprint density at radius 2 is 2.13 bits per heavy atom. The second-order valence-corrected chi connectivity index (χ2v) is 5.70. The molecule has 1 aliphatic rings. The van der Waals surface area contributed by atoms with Gasteiger partial charge in [-0.2, -0.15) is 11.8 Å². The van der Waals surface area contributed by atoms with Crippen molar-refractivity contribution < 1.29 is 4.90 Å². The largest absolute Gasteiger partial charge is 0.327 e. The molecule has 0 spiro atoms. The van der Waals surface area contributed by atoms with Crippen molar-refractivity contribution in [1.82, 2.24) is 14.8 Å². The summed E-state index contributed by atoms with van der Waals surface area (Å²) in [5.74, 6) is 3.67. The molecule has 1 aromatic heterocycles. The van der Waals surface area contributed by atoms with Gasteiger partial charge in [-0.25, -0.2) is 0 Å². The predicted octanol–water partition coefficient (Wildman–Crippen LogP) is -0.331. The first kappa shape index (κ1) is 11.3. The molecule has 1 aromatic rings. The normalized spacial score (nSPS) is 18.3. The number of aromatic nitrogens is 3. The van der Waals surface area contributed by atoms with Crippen LogP contribution in [0.1, 0.15) is 5.82 Å². The summed E-state index contributed by atoms with van der Waals surface area (Å²) < 4.78 is 2.11. The van der Waals surface area contributed by atoms with Gasteiger partial charge in [0.25, 0.3) is 0 Å². The van der Waals surface area contributed by atoms with E-state index in [1.54, 1.807) is 16.7 Å². The molecule has 0 radical (unpaired) electrons. The Kier molecular flexibility index (Phi) is 3.93. The molecule has 84 valence electrons. The molecule has 0 aromatic carbocycles. The molecule has 2 heterocycles. The van der Waals surface area contributed by atoms with Gasteiger partial charge in [-0.15, -0.1) is 10.2 Å². The molecule has 0 unspecified atom stereocenters. The van der Waals surface area contributed by atoms with Gasteiger partial charge in [-0.1, -0.05) is 11.8 Å². The summed E-state index contributed by atoms with van der Waals surface area (Å²) in [7, 11) is 2.05. The minimum absolute atomic E-state index is 1.01. The standard InChI is InChI=1S/C9H16N4S2/c1-12-8(10-11-9(12)14-2)7-13-3-5-15-6-4-13/h3-7H2,1-2H3/p+1. The molecular formula is C9H17N4S2+. The third kappa shape index (κ3) is 2.68. The molecule has 1 N–H and O–H groups in total. The van der Waals surface area contributed by atoms with Crippen LogP contribution in [0.2, 0.25) is 0 Å². The minimum Gasteiger partial charge on any atom is -0.327 e. The van der Waals surface area contributed by atoms with E-state index in [2.05, 4.69) is 33.6 Å². The second-order valence-electron chi connectivity index (χ2n) is 3.70. The molecule has 4 nitrogen and oxygen atoms in total. The highest BCUT2D eigenvalue weighted by atomic mass is 32.2. The van der Waals surface area contributed by atoms with Crippen molar-refractivity contribution in [3.8, 4) is 0 Å². The molecule has 0 bridgehead atoms. The molecule has 2 rings (SSSR count). The molecule has 0 aliphatic carbocycles. The van der Waals surface area contributed by atoms with Crippen LogP contribution in [0, 0.1) is 0 Å². The first-order valence-electron chi connectivity index (χ1n) is 5.15. The number of hydrogen-bond acceptors (Lipinski definition) is 4. The maximum absolute atomic E-state index is 4.25. The van der Waals surface area contributed by atoms with E-state index in [9.17, 15) is 0 Å². The average Bonchev–Trinajstić information content (AvgIpc) is 2.62. The highest BCUT2D eigenvalue weighted by Crippen LogP contribution is 2.10. The van der Waals surface area contributed by atoms with Crippen LogP contribution in [-0.4, -0.2) is 45.6 Å². The molecule has 1 fully saturated rings. The average molecular weight is 245 g/mol. The van der Waals surface area contributed by atoms with Crippen LogP contribution >= 0.6 is 23.5 Å².